The zero-order valence-corrected chi connectivity index (χ0v) is 5.91. The third-order valence-corrected chi connectivity index (χ3v) is 0.641. The summed E-state index contributed by atoms with van der Waals surface area (Å²) in [6.45, 7) is 3.15. The second kappa shape index (κ2) is 4.38. The van der Waals surface area contributed by atoms with Crippen molar-refractivity contribution in [3.05, 3.63) is 0 Å². The van der Waals surface area contributed by atoms with Gasteiger partial charge in [-0.15, -0.1) is 0 Å². The standard InChI is InChI=1S/C4H9NO.V/c1-3(5)4(2)6;/h3H,5H2,1-2H3;. The molecule has 1 atom stereocenters. The summed E-state index contributed by atoms with van der Waals surface area (Å²) in [6, 6.07) is -0.287. The van der Waals surface area contributed by atoms with Gasteiger partial charge in [-0.3, -0.25) is 4.79 Å². The van der Waals surface area contributed by atoms with E-state index < -0.39 is 0 Å². The van der Waals surface area contributed by atoms with Crippen LogP contribution in [0.15, 0.2) is 0 Å². The van der Waals surface area contributed by atoms with Crippen LogP contribution < -0.4 is 5.73 Å². The molecule has 0 saturated carbocycles. The van der Waals surface area contributed by atoms with E-state index in [-0.39, 0.29) is 30.4 Å². The molecule has 0 heterocycles. The van der Waals surface area contributed by atoms with Gasteiger partial charge in [0, 0.05) is 18.6 Å². The molecule has 0 aliphatic rings. The Bertz CT molecular complexity index is 62.7. The monoisotopic (exact) mass is 138 g/mol. The Balaban J connectivity index is 0. The fourth-order valence-electron chi connectivity index (χ4n) is 0. The quantitative estimate of drug-likeness (QED) is 0.550. The second-order valence-corrected chi connectivity index (χ2v) is 1.40. The van der Waals surface area contributed by atoms with Crippen molar-refractivity contribution in [3.8, 4) is 0 Å². The first-order valence-corrected chi connectivity index (χ1v) is 1.90. The first-order valence-electron chi connectivity index (χ1n) is 1.90. The zero-order chi connectivity index (χ0) is 5.15. The van der Waals surface area contributed by atoms with Gasteiger partial charge in [0.2, 0.25) is 0 Å². The molecule has 0 rings (SSSR count). The molecule has 0 aromatic rings. The fraction of sp³-hybridized carbons (Fsp3) is 0.750. The van der Waals surface area contributed by atoms with E-state index in [0.29, 0.717) is 0 Å². The van der Waals surface area contributed by atoms with Crippen LogP contribution in [-0.2, 0) is 23.4 Å². The van der Waals surface area contributed by atoms with E-state index in [1.165, 1.54) is 6.92 Å². The summed E-state index contributed by atoms with van der Waals surface area (Å²) < 4.78 is 0. The van der Waals surface area contributed by atoms with E-state index in [1.807, 2.05) is 0 Å². The van der Waals surface area contributed by atoms with Gasteiger partial charge in [0.15, 0.2) is 0 Å². The number of nitrogens with two attached hydrogens (primary N) is 1. The third kappa shape index (κ3) is 6.21. The van der Waals surface area contributed by atoms with E-state index >= 15 is 0 Å². The number of hydrogen-bond acceptors (Lipinski definition) is 2. The van der Waals surface area contributed by atoms with Crippen LogP contribution >= 0.6 is 0 Å². The SMILES string of the molecule is CC(=O)C(C)N.[V]. The summed E-state index contributed by atoms with van der Waals surface area (Å²) in [7, 11) is 0. The predicted octanol–water partition coefficient (Wildman–Crippen LogP) is -0.0799. The Labute approximate surface area is 55.3 Å². The summed E-state index contributed by atoms with van der Waals surface area (Å²) in [5.74, 6) is 0.0370. The van der Waals surface area contributed by atoms with Gasteiger partial charge in [-0.05, 0) is 13.8 Å². The summed E-state index contributed by atoms with van der Waals surface area (Å²) >= 11 is 0. The summed E-state index contributed by atoms with van der Waals surface area (Å²) in [5.41, 5.74) is 5.09. The first kappa shape index (κ1) is 10.2. The Morgan fingerprint density at radius 2 is 1.86 bits per heavy atom. The smallest absolute Gasteiger partial charge is 0.146 e. The molecule has 0 saturated heterocycles. The van der Waals surface area contributed by atoms with Crippen molar-refractivity contribution < 1.29 is 23.4 Å². The van der Waals surface area contributed by atoms with Gasteiger partial charge in [0.05, 0.1) is 6.04 Å². The van der Waals surface area contributed by atoms with Gasteiger partial charge in [-0.1, -0.05) is 0 Å². The van der Waals surface area contributed by atoms with Crippen molar-refractivity contribution in [2.75, 3.05) is 0 Å². The van der Waals surface area contributed by atoms with E-state index in [1.54, 1.807) is 6.92 Å². The molecule has 0 bridgehead atoms. The second-order valence-electron chi connectivity index (χ2n) is 1.40. The van der Waals surface area contributed by atoms with E-state index in [9.17, 15) is 4.79 Å². The minimum atomic E-state index is -0.287. The van der Waals surface area contributed by atoms with E-state index in [0.717, 1.165) is 0 Å². The number of carbonyl (C=O) groups is 1. The van der Waals surface area contributed by atoms with E-state index in [2.05, 4.69) is 0 Å². The van der Waals surface area contributed by atoms with Crippen molar-refractivity contribution >= 4 is 5.78 Å². The molecule has 7 heavy (non-hydrogen) atoms. The molecule has 2 N–H and O–H groups in total. The molecule has 0 aliphatic heterocycles. The van der Waals surface area contributed by atoms with Crippen LogP contribution in [0.1, 0.15) is 13.8 Å². The molecule has 41 valence electrons. The number of Topliss-reactive ketones (excluding diaryl/α,β-unsaturated/α-hetero) is 1. The molecule has 1 radical (unpaired) electrons. The third-order valence-electron chi connectivity index (χ3n) is 0.641. The topological polar surface area (TPSA) is 43.1 Å². The van der Waals surface area contributed by atoms with E-state index in [4.69, 9.17) is 5.73 Å². The van der Waals surface area contributed by atoms with Crippen LogP contribution in [0.3, 0.4) is 0 Å². The molecule has 0 fully saturated rings. The summed E-state index contributed by atoms with van der Waals surface area (Å²) in [6.07, 6.45) is 0. The average Bonchev–Trinajstić information content (AvgIpc) is 1.36. The van der Waals surface area contributed by atoms with Gasteiger partial charge >= 0.3 is 0 Å². The zero-order valence-electron chi connectivity index (χ0n) is 4.51. The normalized spacial score (nSPS) is 11.9. The average molecular weight is 138 g/mol. The van der Waals surface area contributed by atoms with Crippen molar-refractivity contribution in [1.29, 1.82) is 0 Å². The predicted molar refractivity (Wildman–Crippen MR) is 24.3 cm³/mol. The molecule has 0 amide bonds. The number of hydrogen-bond donors (Lipinski definition) is 1. The maximum absolute atomic E-state index is 10.0. The molecule has 2 nitrogen and oxygen atoms in total. The largest absolute Gasteiger partial charge is 0.322 e. The number of carbonyl (C=O) groups excluding carboxylic acids is 1. The van der Waals surface area contributed by atoms with Gasteiger partial charge in [-0.2, -0.15) is 0 Å². The summed E-state index contributed by atoms with van der Waals surface area (Å²) in [4.78, 5) is 10.0. The van der Waals surface area contributed by atoms with Gasteiger partial charge < -0.3 is 5.73 Å². The number of ketones is 1. The van der Waals surface area contributed by atoms with Crippen LogP contribution in [0.4, 0.5) is 0 Å². The minimum absolute atomic E-state index is 0. The van der Waals surface area contributed by atoms with Crippen LogP contribution in [-0.4, -0.2) is 11.8 Å². The minimum Gasteiger partial charge on any atom is -0.322 e. The molecular weight excluding hydrogens is 129 g/mol. The van der Waals surface area contributed by atoms with Crippen LogP contribution in [0.25, 0.3) is 0 Å². The maximum Gasteiger partial charge on any atom is 0.146 e. The van der Waals surface area contributed by atoms with Crippen LogP contribution in [0.5, 0.6) is 0 Å². The van der Waals surface area contributed by atoms with Crippen molar-refractivity contribution in [3.63, 3.8) is 0 Å². The fourth-order valence-corrected chi connectivity index (χ4v) is 0. The molecule has 0 spiro atoms. The summed E-state index contributed by atoms with van der Waals surface area (Å²) in [5, 5.41) is 0. The van der Waals surface area contributed by atoms with Crippen LogP contribution in [0.2, 0.25) is 0 Å². The molecule has 0 aromatic heterocycles. The molecule has 3 heteroatoms. The van der Waals surface area contributed by atoms with Gasteiger partial charge in [-0.25, -0.2) is 0 Å². The Morgan fingerprint density at radius 3 is 1.86 bits per heavy atom. The van der Waals surface area contributed by atoms with Crippen molar-refractivity contribution in [2.24, 2.45) is 5.73 Å². The first-order chi connectivity index (χ1) is 2.64. The maximum atomic E-state index is 10.0. The van der Waals surface area contributed by atoms with Crippen molar-refractivity contribution in [2.45, 2.75) is 19.9 Å². The Hall–Kier alpha value is 0.214. The van der Waals surface area contributed by atoms with Crippen LogP contribution in [0, 0.1) is 0 Å². The van der Waals surface area contributed by atoms with Crippen molar-refractivity contribution in [1.82, 2.24) is 0 Å². The molecule has 0 aliphatic carbocycles. The Morgan fingerprint density at radius 1 is 1.71 bits per heavy atom. The molecule has 0 aromatic carbocycles. The molecular formula is C4H9NOV. The van der Waals surface area contributed by atoms with Gasteiger partial charge in [0.25, 0.3) is 0 Å². The Kier molecular flexibility index (Phi) is 6.40. The molecule has 1 unspecified atom stereocenters. The van der Waals surface area contributed by atoms with Gasteiger partial charge in [0.1, 0.15) is 5.78 Å². The number of rotatable bonds is 1.